The number of rotatable bonds is 3. The molecular formula is C13H22N4O. The molecule has 1 atom stereocenters. The summed E-state index contributed by atoms with van der Waals surface area (Å²) >= 11 is 0. The van der Waals surface area contributed by atoms with E-state index in [0.29, 0.717) is 17.4 Å². The maximum atomic E-state index is 12.4. The molecule has 1 aliphatic rings. The Hall–Kier alpha value is -1.52. The number of anilines is 1. The Kier molecular flexibility index (Phi) is 3.89. The fourth-order valence-corrected chi connectivity index (χ4v) is 2.48. The van der Waals surface area contributed by atoms with Crippen molar-refractivity contribution in [2.45, 2.75) is 52.1 Å². The smallest absolute Gasteiger partial charge is 0.276 e. The minimum Gasteiger partial charge on any atom is -0.396 e. The van der Waals surface area contributed by atoms with Crippen LogP contribution in [0.25, 0.3) is 0 Å². The van der Waals surface area contributed by atoms with Crippen molar-refractivity contribution in [2.75, 3.05) is 12.3 Å². The second-order valence-corrected chi connectivity index (χ2v) is 5.04. The molecule has 1 saturated heterocycles. The highest BCUT2D eigenvalue weighted by molar-refractivity contribution is 5.97. The number of piperidine rings is 1. The van der Waals surface area contributed by atoms with E-state index in [0.717, 1.165) is 32.4 Å². The van der Waals surface area contributed by atoms with Gasteiger partial charge in [0.05, 0.1) is 5.69 Å². The van der Waals surface area contributed by atoms with E-state index in [1.807, 2.05) is 4.90 Å². The first-order valence-corrected chi connectivity index (χ1v) is 6.77. The van der Waals surface area contributed by atoms with Crippen molar-refractivity contribution in [3.63, 3.8) is 0 Å². The lowest BCUT2D eigenvalue weighted by Gasteiger charge is -2.32. The van der Waals surface area contributed by atoms with Crippen LogP contribution in [0.4, 0.5) is 5.69 Å². The van der Waals surface area contributed by atoms with Crippen LogP contribution in [0.5, 0.6) is 0 Å². The van der Waals surface area contributed by atoms with Gasteiger partial charge < -0.3 is 10.6 Å². The summed E-state index contributed by atoms with van der Waals surface area (Å²) in [6, 6.07) is 0.293. The first-order valence-electron chi connectivity index (χ1n) is 6.77. The molecule has 0 aliphatic carbocycles. The largest absolute Gasteiger partial charge is 0.396 e. The van der Waals surface area contributed by atoms with Gasteiger partial charge in [-0.2, -0.15) is 5.10 Å². The maximum Gasteiger partial charge on any atom is 0.276 e. The van der Waals surface area contributed by atoms with E-state index in [9.17, 15) is 4.79 Å². The summed E-state index contributed by atoms with van der Waals surface area (Å²) in [4.78, 5) is 14.3. The van der Waals surface area contributed by atoms with Crippen molar-refractivity contribution in [2.24, 2.45) is 0 Å². The quantitative estimate of drug-likeness (QED) is 0.891. The van der Waals surface area contributed by atoms with Crippen LogP contribution >= 0.6 is 0 Å². The van der Waals surface area contributed by atoms with Crippen molar-refractivity contribution >= 4 is 11.6 Å². The van der Waals surface area contributed by atoms with Crippen molar-refractivity contribution in [3.05, 3.63) is 11.9 Å². The fraction of sp³-hybridized carbons (Fsp3) is 0.692. The number of likely N-dealkylation sites (tertiary alicyclic amines) is 1. The molecule has 2 N–H and O–H groups in total. The zero-order valence-corrected chi connectivity index (χ0v) is 11.2. The molecule has 0 aromatic carbocycles. The van der Waals surface area contributed by atoms with Crippen molar-refractivity contribution < 1.29 is 4.79 Å². The molecule has 0 radical (unpaired) electrons. The van der Waals surface area contributed by atoms with Crippen LogP contribution in [0, 0.1) is 0 Å². The van der Waals surface area contributed by atoms with Crippen LogP contribution in [0.1, 0.15) is 50.0 Å². The normalized spacial score (nSPS) is 20.1. The third kappa shape index (κ3) is 2.49. The highest BCUT2D eigenvalue weighted by Crippen LogP contribution is 2.21. The van der Waals surface area contributed by atoms with E-state index >= 15 is 0 Å². The number of amides is 1. The number of nitrogens with zero attached hydrogens (tertiary/aromatic N) is 3. The third-order valence-corrected chi connectivity index (χ3v) is 3.51. The molecular weight excluding hydrogens is 228 g/mol. The Bertz CT molecular complexity index is 427. The standard InChI is InChI=1S/C13H22N4O/c1-3-7-16-9-11(14)12(15-16)13(18)17-8-5-4-6-10(17)2/h9-10H,3-8,14H2,1-2H3. The van der Waals surface area contributed by atoms with E-state index in [1.165, 1.54) is 6.42 Å². The number of nitrogen functional groups attached to an aromatic ring is 1. The average Bonchev–Trinajstić information content (AvgIpc) is 2.71. The van der Waals surface area contributed by atoms with Gasteiger partial charge in [0.25, 0.3) is 5.91 Å². The van der Waals surface area contributed by atoms with E-state index < -0.39 is 0 Å². The van der Waals surface area contributed by atoms with Gasteiger partial charge in [0.15, 0.2) is 5.69 Å². The molecule has 5 nitrogen and oxygen atoms in total. The SMILES string of the molecule is CCCn1cc(N)c(C(=O)N2CCCCC2C)n1. The Balaban J connectivity index is 2.17. The lowest BCUT2D eigenvalue weighted by atomic mass is 10.0. The Morgan fingerprint density at radius 3 is 3.00 bits per heavy atom. The monoisotopic (exact) mass is 250 g/mol. The lowest BCUT2D eigenvalue weighted by molar-refractivity contribution is 0.0629. The second kappa shape index (κ2) is 5.42. The summed E-state index contributed by atoms with van der Waals surface area (Å²) < 4.78 is 1.76. The zero-order chi connectivity index (χ0) is 13.1. The summed E-state index contributed by atoms with van der Waals surface area (Å²) in [7, 11) is 0. The molecule has 0 bridgehead atoms. The first-order chi connectivity index (χ1) is 8.63. The van der Waals surface area contributed by atoms with E-state index in [-0.39, 0.29) is 5.91 Å². The van der Waals surface area contributed by atoms with Crippen LogP contribution < -0.4 is 5.73 Å². The zero-order valence-electron chi connectivity index (χ0n) is 11.2. The molecule has 1 unspecified atom stereocenters. The fourth-order valence-electron chi connectivity index (χ4n) is 2.48. The Labute approximate surface area is 108 Å². The van der Waals surface area contributed by atoms with E-state index in [2.05, 4.69) is 18.9 Å². The van der Waals surface area contributed by atoms with E-state index in [4.69, 9.17) is 5.73 Å². The minimum atomic E-state index is -0.0189. The molecule has 1 aliphatic heterocycles. The molecule has 1 amide bonds. The molecule has 18 heavy (non-hydrogen) atoms. The van der Waals surface area contributed by atoms with Gasteiger partial charge in [-0.1, -0.05) is 6.92 Å². The van der Waals surface area contributed by atoms with E-state index in [1.54, 1.807) is 10.9 Å². The van der Waals surface area contributed by atoms with Gasteiger partial charge >= 0.3 is 0 Å². The van der Waals surface area contributed by atoms with Gasteiger partial charge in [-0.05, 0) is 32.6 Å². The van der Waals surface area contributed by atoms with Crippen molar-refractivity contribution in [1.29, 1.82) is 0 Å². The summed E-state index contributed by atoms with van der Waals surface area (Å²) in [5.41, 5.74) is 6.80. The molecule has 100 valence electrons. The number of hydrogen-bond donors (Lipinski definition) is 1. The predicted molar refractivity (Wildman–Crippen MR) is 71.3 cm³/mol. The molecule has 0 spiro atoms. The van der Waals surface area contributed by atoms with Gasteiger partial charge in [0.1, 0.15) is 0 Å². The molecule has 1 aromatic heterocycles. The number of aryl methyl sites for hydroxylation is 1. The number of hydrogen-bond acceptors (Lipinski definition) is 3. The minimum absolute atomic E-state index is 0.0189. The highest BCUT2D eigenvalue weighted by Gasteiger charge is 2.27. The molecule has 1 aromatic rings. The van der Waals surface area contributed by atoms with Crippen molar-refractivity contribution in [1.82, 2.24) is 14.7 Å². The summed E-state index contributed by atoms with van der Waals surface area (Å²) in [5, 5.41) is 4.31. The van der Waals surface area contributed by atoms with Gasteiger partial charge in [0, 0.05) is 25.3 Å². The van der Waals surface area contributed by atoms with Crippen molar-refractivity contribution in [3.8, 4) is 0 Å². The summed E-state index contributed by atoms with van der Waals surface area (Å²) in [6.07, 6.45) is 6.08. The van der Waals surface area contributed by atoms with Crippen LogP contribution in [-0.4, -0.2) is 33.2 Å². The molecule has 2 heterocycles. The number of carbonyl (C=O) groups is 1. The van der Waals surface area contributed by atoms with Gasteiger partial charge in [-0.15, -0.1) is 0 Å². The van der Waals surface area contributed by atoms with Crippen LogP contribution in [-0.2, 0) is 6.54 Å². The first kappa shape index (κ1) is 12.9. The van der Waals surface area contributed by atoms with Gasteiger partial charge in [0.2, 0.25) is 0 Å². The lowest BCUT2D eigenvalue weighted by Crippen LogP contribution is -2.42. The second-order valence-electron chi connectivity index (χ2n) is 5.04. The third-order valence-electron chi connectivity index (χ3n) is 3.51. The highest BCUT2D eigenvalue weighted by atomic mass is 16.2. The molecule has 2 rings (SSSR count). The molecule has 5 heteroatoms. The number of nitrogens with two attached hydrogens (primary N) is 1. The number of carbonyl (C=O) groups excluding carboxylic acids is 1. The van der Waals surface area contributed by atoms with Gasteiger partial charge in [-0.3, -0.25) is 9.48 Å². The molecule has 0 saturated carbocycles. The summed E-state index contributed by atoms with van der Waals surface area (Å²) in [5.74, 6) is -0.0189. The number of aromatic nitrogens is 2. The maximum absolute atomic E-state index is 12.4. The predicted octanol–water partition coefficient (Wildman–Crippen LogP) is 1.89. The van der Waals surface area contributed by atoms with Crippen LogP contribution in [0.3, 0.4) is 0 Å². The Morgan fingerprint density at radius 1 is 1.56 bits per heavy atom. The Morgan fingerprint density at radius 2 is 2.33 bits per heavy atom. The molecule has 1 fully saturated rings. The average molecular weight is 250 g/mol. The van der Waals surface area contributed by atoms with Crippen LogP contribution in [0.2, 0.25) is 0 Å². The van der Waals surface area contributed by atoms with Gasteiger partial charge in [-0.25, -0.2) is 0 Å². The summed E-state index contributed by atoms with van der Waals surface area (Å²) in [6.45, 7) is 5.79. The topological polar surface area (TPSA) is 64.2 Å². The van der Waals surface area contributed by atoms with Crippen LogP contribution in [0.15, 0.2) is 6.20 Å².